The number of amides is 3. The average Bonchev–Trinajstić information content (AvgIpc) is 2.93. The molecule has 0 unspecified atom stereocenters. The van der Waals surface area contributed by atoms with Crippen LogP contribution in [0.15, 0.2) is 91.0 Å². The standard InChI is InChI=1S/C29H37N5O2/c30-18-10-17-27(28(35)31-20-24-13-6-2-7-14-24)34-26(19-23-11-4-1-5-12-23)22-33-29(36)32-21-25-15-8-3-9-16-25/h1-9,11-16,26-27,34H,10,17-22,30H2,(H,31,35)(H2,32,33,36)/t26-,27-/m0/s1. The van der Waals surface area contributed by atoms with Gasteiger partial charge in [0.05, 0.1) is 6.04 Å². The lowest BCUT2D eigenvalue weighted by molar-refractivity contribution is -0.123. The second-order valence-electron chi connectivity index (χ2n) is 8.79. The molecule has 3 aromatic carbocycles. The minimum Gasteiger partial charge on any atom is -0.351 e. The van der Waals surface area contributed by atoms with Crippen LogP contribution in [0.2, 0.25) is 0 Å². The van der Waals surface area contributed by atoms with E-state index in [1.165, 1.54) is 0 Å². The molecule has 0 aliphatic rings. The Hall–Kier alpha value is -3.68. The van der Waals surface area contributed by atoms with E-state index < -0.39 is 6.04 Å². The Morgan fingerprint density at radius 2 is 1.22 bits per heavy atom. The summed E-state index contributed by atoms with van der Waals surface area (Å²) in [5.74, 6) is -0.0705. The van der Waals surface area contributed by atoms with Crippen LogP contribution in [0.25, 0.3) is 0 Å². The molecule has 3 rings (SSSR count). The Bertz CT molecular complexity index is 1030. The van der Waals surface area contributed by atoms with Crippen LogP contribution in [0.1, 0.15) is 29.5 Å². The average molecular weight is 488 g/mol. The topological polar surface area (TPSA) is 108 Å². The van der Waals surface area contributed by atoms with Gasteiger partial charge in [0.25, 0.3) is 0 Å². The van der Waals surface area contributed by atoms with Crippen LogP contribution >= 0.6 is 0 Å². The van der Waals surface area contributed by atoms with E-state index in [2.05, 4.69) is 33.4 Å². The zero-order chi connectivity index (χ0) is 25.4. The maximum absolute atomic E-state index is 13.1. The molecule has 0 radical (unpaired) electrons. The Kier molecular flexibility index (Phi) is 11.5. The molecule has 0 aromatic heterocycles. The highest BCUT2D eigenvalue weighted by atomic mass is 16.2. The summed E-state index contributed by atoms with van der Waals surface area (Å²) in [7, 11) is 0. The van der Waals surface area contributed by atoms with E-state index in [1.54, 1.807) is 0 Å². The number of nitrogens with one attached hydrogen (secondary N) is 4. The van der Waals surface area contributed by atoms with Gasteiger partial charge < -0.3 is 27.0 Å². The monoisotopic (exact) mass is 487 g/mol. The molecule has 0 spiro atoms. The molecule has 0 saturated heterocycles. The van der Waals surface area contributed by atoms with Crippen LogP contribution < -0.4 is 27.0 Å². The van der Waals surface area contributed by atoms with Gasteiger partial charge in [0.15, 0.2) is 0 Å². The van der Waals surface area contributed by atoms with Crippen molar-refractivity contribution in [3.63, 3.8) is 0 Å². The van der Waals surface area contributed by atoms with Gasteiger partial charge in [-0.2, -0.15) is 0 Å². The first kappa shape index (κ1) is 26.9. The van der Waals surface area contributed by atoms with E-state index in [0.717, 1.165) is 23.1 Å². The summed E-state index contributed by atoms with van der Waals surface area (Å²) in [6, 6.07) is 28.9. The van der Waals surface area contributed by atoms with Crippen molar-refractivity contribution in [3.05, 3.63) is 108 Å². The first-order valence-electron chi connectivity index (χ1n) is 12.5. The molecule has 3 aromatic rings. The zero-order valence-corrected chi connectivity index (χ0v) is 20.7. The van der Waals surface area contributed by atoms with E-state index in [0.29, 0.717) is 39.0 Å². The third-order valence-electron chi connectivity index (χ3n) is 5.89. The predicted molar refractivity (Wildman–Crippen MR) is 144 cm³/mol. The number of carbonyl (C=O) groups excluding carboxylic acids is 2. The highest BCUT2D eigenvalue weighted by Gasteiger charge is 2.22. The molecule has 0 aliphatic heterocycles. The van der Waals surface area contributed by atoms with Crippen molar-refractivity contribution < 1.29 is 9.59 Å². The quantitative estimate of drug-likeness (QED) is 0.241. The van der Waals surface area contributed by atoms with E-state index in [9.17, 15) is 9.59 Å². The maximum atomic E-state index is 13.1. The molecule has 7 nitrogen and oxygen atoms in total. The molecule has 190 valence electrons. The summed E-state index contributed by atoms with van der Waals surface area (Å²) >= 11 is 0. The second-order valence-corrected chi connectivity index (χ2v) is 8.79. The van der Waals surface area contributed by atoms with Crippen molar-refractivity contribution in [1.29, 1.82) is 0 Å². The highest BCUT2D eigenvalue weighted by molar-refractivity contribution is 5.81. The van der Waals surface area contributed by atoms with Crippen LogP contribution in [-0.4, -0.2) is 37.1 Å². The molecule has 2 atom stereocenters. The van der Waals surface area contributed by atoms with E-state index in [-0.39, 0.29) is 18.0 Å². The van der Waals surface area contributed by atoms with Gasteiger partial charge in [-0.15, -0.1) is 0 Å². The fourth-order valence-electron chi connectivity index (χ4n) is 3.95. The van der Waals surface area contributed by atoms with Crippen molar-refractivity contribution in [3.8, 4) is 0 Å². The van der Waals surface area contributed by atoms with E-state index >= 15 is 0 Å². The first-order valence-corrected chi connectivity index (χ1v) is 12.5. The number of hydrogen-bond donors (Lipinski definition) is 5. The summed E-state index contributed by atoms with van der Waals surface area (Å²) < 4.78 is 0. The molecule has 36 heavy (non-hydrogen) atoms. The number of rotatable bonds is 14. The third kappa shape index (κ3) is 9.90. The van der Waals surface area contributed by atoms with Gasteiger partial charge in [-0.25, -0.2) is 4.79 Å². The molecule has 0 saturated carbocycles. The van der Waals surface area contributed by atoms with Gasteiger partial charge in [-0.1, -0.05) is 91.0 Å². The fraction of sp³-hybridized carbons (Fsp3) is 0.310. The Morgan fingerprint density at radius 1 is 0.694 bits per heavy atom. The van der Waals surface area contributed by atoms with Gasteiger partial charge >= 0.3 is 6.03 Å². The molecule has 0 bridgehead atoms. The van der Waals surface area contributed by atoms with Crippen molar-refractivity contribution in [2.45, 2.75) is 44.4 Å². The number of urea groups is 1. The SMILES string of the molecule is NCCC[C@H](N[C@H](CNC(=O)NCc1ccccc1)Cc1ccccc1)C(=O)NCc1ccccc1. The van der Waals surface area contributed by atoms with Crippen molar-refractivity contribution in [2.24, 2.45) is 5.73 Å². The second kappa shape index (κ2) is 15.3. The number of benzene rings is 3. The number of carbonyl (C=O) groups is 2. The Labute approximate surface area is 213 Å². The third-order valence-corrected chi connectivity index (χ3v) is 5.89. The van der Waals surface area contributed by atoms with Crippen molar-refractivity contribution in [2.75, 3.05) is 13.1 Å². The molecule has 3 amide bonds. The van der Waals surface area contributed by atoms with Gasteiger partial charge in [0.1, 0.15) is 0 Å². The van der Waals surface area contributed by atoms with Crippen LogP contribution in [-0.2, 0) is 24.3 Å². The van der Waals surface area contributed by atoms with Gasteiger partial charge in [0.2, 0.25) is 5.91 Å². The molecule has 0 heterocycles. The van der Waals surface area contributed by atoms with Gasteiger partial charge in [-0.3, -0.25) is 4.79 Å². The summed E-state index contributed by atoms with van der Waals surface area (Å²) in [5, 5.41) is 12.4. The molecular formula is C29H37N5O2. The largest absolute Gasteiger partial charge is 0.351 e. The molecule has 7 heteroatoms. The van der Waals surface area contributed by atoms with Gasteiger partial charge in [-0.05, 0) is 42.5 Å². The van der Waals surface area contributed by atoms with Gasteiger partial charge in [0, 0.05) is 25.7 Å². The summed E-state index contributed by atoms with van der Waals surface area (Å²) in [5.41, 5.74) is 8.95. The van der Waals surface area contributed by atoms with Crippen molar-refractivity contribution >= 4 is 11.9 Å². The highest BCUT2D eigenvalue weighted by Crippen LogP contribution is 2.07. The summed E-state index contributed by atoms with van der Waals surface area (Å²) in [6.45, 7) is 1.79. The predicted octanol–water partition coefficient (Wildman–Crippen LogP) is 3.11. The summed E-state index contributed by atoms with van der Waals surface area (Å²) in [4.78, 5) is 25.6. The lowest BCUT2D eigenvalue weighted by Crippen LogP contribution is -2.53. The number of hydrogen-bond acceptors (Lipinski definition) is 4. The Morgan fingerprint density at radius 3 is 1.78 bits per heavy atom. The molecule has 0 fully saturated rings. The van der Waals surface area contributed by atoms with Crippen LogP contribution in [0.5, 0.6) is 0 Å². The molecule has 0 aliphatic carbocycles. The normalized spacial score (nSPS) is 12.4. The van der Waals surface area contributed by atoms with Crippen LogP contribution in [0, 0.1) is 0 Å². The fourth-order valence-corrected chi connectivity index (χ4v) is 3.95. The Balaban J connectivity index is 1.60. The minimum absolute atomic E-state index is 0.0705. The van der Waals surface area contributed by atoms with E-state index in [4.69, 9.17) is 5.73 Å². The zero-order valence-electron chi connectivity index (χ0n) is 20.7. The smallest absolute Gasteiger partial charge is 0.315 e. The van der Waals surface area contributed by atoms with Crippen molar-refractivity contribution in [1.82, 2.24) is 21.3 Å². The van der Waals surface area contributed by atoms with Crippen LogP contribution in [0.4, 0.5) is 4.79 Å². The molecule has 6 N–H and O–H groups in total. The summed E-state index contributed by atoms with van der Waals surface area (Å²) in [6.07, 6.45) is 2.01. The maximum Gasteiger partial charge on any atom is 0.315 e. The molecular weight excluding hydrogens is 450 g/mol. The first-order chi connectivity index (χ1) is 17.6. The number of nitrogens with two attached hydrogens (primary N) is 1. The minimum atomic E-state index is -0.417. The lowest BCUT2D eigenvalue weighted by atomic mass is 10.0. The van der Waals surface area contributed by atoms with E-state index in [1.807, 2.05) is 78.9 Å². The van der Waals surface area contributed by atoms with Crippen LogP contribution in [0.3, 0.4) is 0 Å². The lowest BCUT2D eigenvalue weighted by Gasteiger charge is -2.26.